The van der Waals surface area contributed by atoms with Crippen molar-refractivity contribution in [2.75, 3.05) is 6.54 Å². The van der Waals surface area contributed by atoms with Gasteiger partial charge in [-0.25, -0.2) is 0 Å². The van der Waals surface area contributed by atoms with Crippen LogP contribution in [-0.2, 0) is 0 Å². The summed E-state index contributed by atoms with van der Waals surface area (Å²) in [5.74, 6) is 0. The Kier molecular flexibility index (Phi) is 5.43. The SMILES string of the molecule is CCC(N)C(c1cccc(Br)c1)N1CCCC1CC. The molecule has 1 aromatic rings. The van der Waals surface area contributed by atoms with Gasteiger partial charge in [-0.3, -0.25) is 4.90 Å². The molecule has 2 rings (SSSR count). The monoisotopic (exact) mass is 324 g/mol. The largest absolute Gasteiger partial charge is 0.326 e. The van der Waals surface area contributed by atoms with Gasteiger partial charge in [0.1, 0.15) is 0 Å². The number of halogens is 1. The van der Waals surface area contributed by atoms with Crippen molar-refractivity contribution < 1.29 is 0 Å². The van der Waals surface area contributed by atoms with Crippen LogP contribution in [0.2, 0.25) is 0 Å². The molecule has 1 aliphatic heterocycles. The average molecular weight is 325 g/mol. The normalized spacial score (nSPS) is 23.5. The molecular formula is C16H25BrN2. The summed E-state index contributed by atoms with van der Waals surface area (Å²) in [4.78, 5) is 2.63. The van der Waals surface area contributed by atoms with Crippen molar-refractivity contribution in [1.29, 1.82) is 0 Å². The van der Waals surface area contributed by atoms with Crippen LogP contribution in [0.25, 0.3) is 0 Å². The van der Waals surface area contributed by atoms with E-state index in [-0.39, 0.29) is 6.04 Å². The molecule has 1 aromatic carbocycles. The summed E-state index contributed by atoms with van der Waals surface area (Å²) in [5, 5.41) is 0. The van der Waals surface area contributed by atoms with Gasteiger partial charge in [0.05, 0.1) is 6.04 Å². The zero-order valence-electron chi connectivity index (χ0n) is 12.0. The minimum Gasteiger partial charge on any atom is -0.326 e. The summed E-state index contributed by atoms with van der Waals surface area (Å²) in [6.45, 7) is 5.66. The first-order valence-corrected chi connectivity index (χ1v) is 8.23. The Morgan fingerprint density at radius 2 is 2.21 bits per heavy atom. The van der Waals surface area contributed by atoms with Crippen molar-refractivity contribution in [3.8, 4) is 0 Å². The zero-order valence-corrected chi connectivity index (χ0v) is 13.6. The number of benzene rings is 1. The Morgan fingerprint density at radius 3 is 2.84 bits per heavy atom. The quantitative estimate of drug-likeness (QED) is 0.883. The van der Waals surface area contributed by atoms with E-state index in [1.165, 1.54) is 31.4 Å². The topological polar surface area (TPSA) is 29.3 Å². The van der Waals surface area contributed by atoms with Gasteiger partial charge in [-0.15, -0.1) is 0 Å². The zero-order chi connectivity index (χ0) is 13.8. The van der Waals surface area contributed by atoms with E-state index in [0.717, 1.165) is 10.9 Å². The maximum Gasteiger partial charge on any atom is 0.0502 e. The lowest BCUT2D eigenvalue weighted by molar-refractivity contribution is 0.150. The lowest BCUT2D eigenvalue weighted by Gasteiger charge is -2.36. The molecule has 0 aliphatic carbocycles. The highest BCUT2D eigenvalue weighted by atomic mass is 79.9. The van der Waals surface area contributed by atoms with Gasteiger partial charge in [0.2, 0.25) is 0 Å². The van der Waals surface area contributed by atoms with E-state index in [4.69, 9.17) is 5.73 Å². The molecule has 0 spiro atoms. The standard InChI is InChI=1S/C16H25BrN2/c1-3-14-9-6-10-19(14)16(15(18)4-2)12-7-5-8-13(17)11-12/h5,7-8,11,14-16H,3-4,6,9-10,18H2,1-2H3. The van der Waals surface area contributed by atoms with E-state index < -0.39 is 0 Å². The molecule has 1 saturated heterocycles. The molecule has 2 nitrogen and oxygen atoms in total. The maximum atomic E-state index is 6.44. The lowest BCUT2D eigenvalue weighted by Crippen LogP contribution is -2.43. The highest BCUT2D eigenvalue weighted by Gasteiger charge is 2.33. The molecule has 0 amide bonds. The molecule has 0 radical (unpaired) electrons. The molecule has 106 valence electrons. The third-order valence-corrected chi connectivity index (χ3v) is 4.81. The third-order valence-electron chi connectivity index (χ3n) is 4.32. The summed E-state index contributed by atoms with van der Waals surface area (Å²) in [6.07, 6.45) is 4.86. The summed E-state index contributed by atoms with van der Waals surface area (Å²) >= 11 is 3.58. The molecule has 2 N–H and O–H groups in total. The smallest absolute Gasteiger partial charge is 0.0502 e. The molecule has 19 heavy (non-hydrogen) atoms. The Balaban J connectivity index is 2.30. The number of hydrogen-bond donors (Lipinski definition) is 1. The van der Waals surface area contributed by atoms with Crippen LogP contribution < -0.4 is 5.73 Å². The summed E-state index contributed by atoms with van der Waals surface area (Å²) in [6, 6.07) is 9.91. The van der Waals surface area contributed by atoms with Crippen molar-refractivity contribution in [3.63, 3.8) is 0 Å². The average Bonchev–Trinajstić information content (AvgIpc) is 2.87. The van der Waals surface area contributed by atoms with Crippen molar-refractivity contribution in [3.05, 3.63) is 34.3 Å². The van der Waals surface area contributed by atoms with Gasteiger partial charge < -0.3 is 5.73 Å². The van der Waals surface area contributed by atoms with Crippen molar-refractivity contribution in [1.82, 2.24) is 4.90 Å². The first kappa shape index (κ1) is 15.0. The van der Waals surface area contributed by atoms with Gasteiger partial charge in [0.25, 0.3) is 0 Å². The number of rotatable bonds is 5. The fourth-order valence-corrected chi connectivity index (χ4v) is 3.68. The summed E-state index contributed by atoms with van der Waals surface area (Å²) in [5.41, 5.74) is 7.79. The number of likely N-dealkylation sites (tertiary alicyclic amines) is 1. The van der Waals surface area contributed by atoms with E-state index in [9.17, 15) is 0 Å². The fraction of sp³-hybridized carbons (Fsp3) is 0.625. The van der Waals surface area contributed by atoms with Crippen LogP contribution in [0.5, 0.6) is 0 Å². The molecule has 3 atom stereocenters. The molecular weight excluding hydrogens is 300 g/mol. The highest BCUT2D eigenvalue weighted by molar-refractivity contribution is 9.10. The molecule has 0 aromatic heterocycles. The second kappa shape index (κ2) is 6.87. The number of nitrogens with two attached hydrogens (primary N) is 1. The first-order valence-electron chi connectivity index (χ1n) is 7.44. The Hall–Kier alpha value is -0.380. The van der Waals surface area contributed by atoms with Gasteiger partial charge in [-0.1, -0.05) is 41.9 Å². The first-order chi connectivity index (χ1) is 9.17. The molecule has 1 heterocycles. The van der Waals surface area contributed by atoms with Crippen LogP contribution in [0.15, 0.2) is 28.7 Å². The van der Waals surface area contributed by atoms with Crippen molar-refractivity contribution in [2.24, 2.45) is 5.73 Å². The summed E-state index contributed by atoms with van der Waals surface area (Å²) < 4.78 is 1.14. The van der Waals surface area contributed by atoms with Crippen LogP contribution in [0.1, 0.15) is 51.1 Å². The minimum absolute atomic E-state index is 0.210. The predicted molar refractivity (Wildman–Crippen MR) is 85.2 cm³/mol. The van der Waals surface area contributed by atoms with Crippen molar-refractivity contribution in [2.45, 2.75) is 57.7 Å². The van der Waals surface area contributed by atoms with Crippen molar-refractivity contribution >= 4 is 15.9 Å². The second-order valence-electron chi connectivity index (χ2n) is 5.51. The molecule has 3 unspecified atom stereocenters. The van der Waals surface area contributed by atoms with Crippen LogP contribution in [0, 0.1) is 0 Å². The van der Waals surface area contributed by atoms with E-state index in [2.05, 4.69) is 58.9 Å². The van der Waals surface area contributed by atoms with E-state index >= 15 is 0 Å². The third kappa shape index (κ3) is 3.39. The maximum absolute atomic E-state index is 6.44. The summed E-state index contributed by atoms with van der Waals surface area (Å²) in [7, 11) is 0. The highest BCUT2D eigenvalue weighted by Crippen LogP contribution is 2.34. The van der Waals surface area contributed by atoms with Gasteiger partial charge in [0.15, 0.2) is 0 Å². The Bertz CT molecular complexity index is 407. The minimum atomic E-state index is 0.210. The van der Waals surface area contributed by atoms with Crippen LogP contribution in [0.4, 0.5) is 0 Å². The molecule has 0 bridgehead atoms. The van der Waals surface area contributed by atoms with Gasteiger partial charge >= 0.3 is 0 Å². The fourth-order valence-electron chi connectivity index (χ4n) is 3.26. The Labute approximate surface area is 125 Å². The van der Waals surface area contributed by atoms with Crippen LogP contribution in [0.3, 0.4) is 0 Å². The van der Waals surface area contributed by atoms with Crippen LogP contribution in [-0.4, -0.2) is 23.5 Å². The molecule has 1 fully saturated rings. The van der Waals surface area contributed by atoms with E-state index in [1.807, 2.05) is 0 Å². The second-order valence-corrected chi connectivity index (χ2v) is 6.43. The van der Waals surface area contributed by atoms with Gasteiger partial charge in [-0.05, 0) is 49.9 Å². The van der Waals surface area contributed by atoms with E-state index in [0.29, 0.717) is 12.1 Å². The molecule has 0 saturated carbocycles. The molecule has 1 aliphatic rings. The molecule has 3 heteroatoms. The lowest BCUT2D eigenvalue weighted by atomic mass is 9.95. The van der Waals surface area contributed by atoms with E-state index in [1.54, 1.807) is 0 Å². The number of hydrogen-bond acceptors (Lipinski definition) is 2. The van der Waals surface area contributed by atoms with Crippen LogP contribution >= 0.6 is 15.9 Å². The van der Waals surface area contributed by atoms with Gasteiger partial charge in [0, 0.05) is 16.6 Å². The Morgan fingerprint density at radius 1 is 1.42 bits per heavy atom. The van der Waals surface area contributed by atoms with Gasteiger partial charge in [-0.2, -0.15) is 0 Å². The predicted octanol–water partition coefficient (Wildman–Crippen LogP) is 4.10. The number of nitrogens with zero attached hydrogens (tertiary/aromatic N) is 1.